The lowest BCUT2D eigenvalue weighted by Gasteiger charge is -2.11. The molecule has 0 amide bonds. The Morgan fingerprint density at radius 1 is 1.29 bits per heavy atom. The van der Waals surface area contributed by atoms with E-state index in [0.717, 1.165) is 18.4 Å². The molecule has 2 aromatic rings. The van der Waals surface area contributed by atoms with E-state index in [1.807, 2.05) is 25.1 Å². The van der Waals surface area contributed by atoms with Gasteiger partial charge in [0.15, 0.2) is 5.84 Å². The molecule has 5 nitrogen and oxygen atoms in total. The first-order chi connectivity index (χ1) is 10.2. The van der Waals surface area contributed by atoms with Gasteiger partial charge < -0.3 is 15.7 Å². The van der Waals surface area contributed by atoms with E-state index in [4.69, 9.17) is 15.7 Å². The van der Waals surface area contributed by atoms with Crippen molar-refractivity contribution in [2.24, 2.45) is 10.9 Å². The molecule has 3 N–H and O–H groups in total. The molecule has 0 unspecified atom stereocenters. The van der Waals surface area contributed by atoms with Gasteiger partial charge in [0.25, 0.3) is 0 Å². The smallest absolute Gasteiger partial charge is 0.224 e. The zero-order chi connectivity index (χ0) is 15.1. The second kappa shape index (κ2) is 7.28. The minimum atomic E-state index is 0.0126. The molecule has 1 heterocycles. The summed E-state index contributed by atoms with van der Waals surface area (Å²) < 4.78 is 5.68. The summed E-state index contributed by atoms with van der Waals surface area (Å²) in [5, 5.41) is 11.9. The van der Waals surface area contributed by atoms with Gasteiger partial charge >= 0.3 is 0 Å². The lowest BCUT2D eigenvalue weighted by molar-refractivity contribution is 0.296. The molecule has 1 aromatic heterocycles. The van der Waals surface area contributed by atoms with Crippen molar-refractivity contribution in [2.45, 2.75) is 19.8 Å². The number of rotatable bonds is 6. The number of aryl methyl sites for hydroxylation is 2. The lowest BCUT2D eigenvalue weighted by Crippen LogP contribution is -2.17. The quantitative estimate of drug-likeness (QED) is 0.281. The normalized spacial score (nSPS) is 11.4. The minimum Gasteiger partial charge on any atom is -0.477 e. The molecule has 21 heavy (non-hydrogen) atoms. The van der Waals surface area contributed by atoms with Gasteiger partial charge in [0.1, 0.15) is 0 Å². The highest BCUT2D eigenvalue weighted by Crippen LogP contribution is 2.19. The number of hydrogen-bond acceptors (Lipinski definition) is 4. The van der Waals surface area contributed by atoms with Gasteiger partial charge in [0, 0.05) is 6.20 Å². The van der Waals surface area contributed by atoms with Gasteiger partial charge in [-0.2, -0.15) is 0 Å². The molecule has 0 spiro atoms. The van der Waals surface area contributed by atoms with Crippen LogP contribution in [-0.4, -0.2) is 22.6 Å². The number of hydrogen-bond donors (Lipinski definition) is 2. The van der Waals surface area contributed by atoms with Crippen LogP contribution in [0.4, 0.5) is 0 Å². The van der Waals surface area contributed by atoms with Gasteiger partial charge in [0.2, 0.25) is 5.88 Å². The van der Waals surface area contributed by atoms with Gasteiger partial charge in [-0.1, -0.05) is 35.5 Å². The number of nitrogens with two attached hydrogens (primary N) is 1. The maximum absolute atomic E-state index is 8.84. The van der Waals surface area contributed by atoms with Crippen LogP contribution in [0.15, 0.2) is 47.8 Å². The third-order valence-corrected chi connectivity index (χ3v) is 3.18. The van der Waals surface area contributed by atoms with Crippen molar-refractivity contribution in [1.82, 2.24) is 4.98 Å². The second-order valence-electron chi connectivity index (χ2n) is 4.73. The summed E-state index contributed by atoms with van der Waals surface area (Å²) in [6.07, 6.45) is 3.46. The van der Waals surface area contributed by atoms with Crippen molar-refractivity contribution >= 4 is 5.84 Å². The van der Waals surface area contributed by atoms with E-state index in [2.05, 4.69) is 22.3 Å². The standard InChI is InChI=1S/C16H19N3O2/c1-12-9-10-18-16(14(12)15(17)19-20)21-11-5-8-13-6-3-2-4-7-13/h2-4,6-7,9-10,20H,5,8,11H2,1H3,(H2,17,19). The van der Waals surface area contributed by atoms with E-state index >= 15 is 0 Å². The van der Waals surface area contributed by atoms with E-state index in [1.54, 1.807) is 12.3 Å². The van der Waals surface area contributed by atoms with E-state index in [1.165, 1.54) is 5.56 Å². The van der Waals surface area contributed by atoms with Gasteiger partial charge in [-0.25, -0.2) is 4.98 Å². The molecule has 2 rings (SSSR count). The lowest BCUT2D eigenvalue weighted by atomic mass is 10.1. The average molecular weight is 285 g/mol. The molecule has 0 fully saturated rings. The van der Waals surface area contributed by atoms with E-state index < -0.39 is 0 Å². The highest BCUT2D eigenvalue weighted by Gasteiger charge is 2.12. The van der Waals surface area contributed by atoms with Gasteiger partial charge in [-0.05, 0) is 37.0 Å². The van der Waals surface area contributed by atoms with Crippen molar-refractivity contribution < 1.29 is 9.94 Å². The third kappa shape index (κ3) is 3.95. The highest BCUT2D eigenvalue weighted by molar-refractivity contribution is 6.00. The topological polar surface area (TPSA) is 80.7 Å². The average Bonchev–Trinajstić information content (AvgIpc) is 2.52. The Labute approximate surface area is 124 Å². The monoisotopic (exact) mass is 285 g/mol. The molecule has 5 heteroatoms. The number of amidine groups is 1. The molecule has 0 aliphatic rings. The summed E-state index contributed by atoms with van der Waals surface area (Å²) in [6, 6.07) is 12.0. The number of oxime groups is 1. The van der Waals surface area contributed by atoms with Crippen LogP contribution in [0.3, 0.4) is 0 Å². The Morgan fingerprint density at radius 3 is 2.76 bits per heavy atom. The van der Waals surface area contributed by atoms with Crippen molar-refractivity contribution in [3.63, 3.8) is 0 Å². The van der Waals surface area contributed by atoms with E-state index in [9.17, 15) is 0 Å². The second-order valence-corrected chi connectivity index (χ2v) is 4.73. The molecule has 0 saturated carbocycles. The van der Waals surface area contributed by atoms with Crippen LogP contribution in [0.1, 0.15) is 23.1 Å². The van der Waals surface area contributed by atoms with Crippen LogP contribution in [0.5, 0.6) is 5.88 Å². The van der Waals surface area contributed by atoms with Crippen LogP contribution in [0.25, 0.3) is 0 Å². The minimum absolute atomic E-state index is 0.0126. The fraction of sp³-hybridized carbons (Fsp3) is 0.250. The van der Waals surface area contributed by atoms with Crippen molar-refractivity contribution in [2.75, 3.05) is 6.61 Å². The van der Waals surface area contributed by atoms with Crippen LogP contribution in [0, 0.1) is 6.92 Å². The third-order valence-electron chi connectivity index (χ3n) is 3.18. The van der Waals surface area contributed by atoms with Gasteiger partial charge in [0.05, 0.1) is 12.2 Å². The number of pyridine rings is 1. The first-order valence-corrected chi connectivity index (χ1v) is 6.82. The number of benzene rings is 1. The molecule has 0 bridgehead atoms. The Morgan fingerprint density at radius 2 is 2.05 bits per heavy atom. The van der Waals surface area contributed by atoms with Crippen LogP contribution in [-0.2, 0) is 6.42 Å². The SMILES string of the molecule is Cc1ccnc(OCCCc2ccccc2)c1/C(N)=N/O. The highest BCUT2D eigenvalue weighted by atomic mass is 16.5. The van der Waals surface area contributed by atoms with Crippen molar-refractivity contribution in [3.05, 3.63) is 59.3 Å². The van der Waals surface area contributed by atoms with Crippen molar-refractivity contribution in [3.8, 4) is 5.88 Å². The molecule has 0 radical (unpaired) electrons. The Bertz CT molecular complexity index is 612. The zero-order valence-electron chi connectivity index (χ0n) is 12.0. The predicted molar refractivity (Wildman–Crippen MR) is 81.7 cm³/mol. The maximum Gasteiger partial charge on any atom is 0.224 e. The molecule has 0 atom stereocenters. The molecular weight excluding hydrogens is 266 g/mol. The molecule has 1 aromatic carbocycles. The summed E-state index contributed by atoms with van der Waals surface area (Å²) in [7, 11) is 0. The number of aromatic nitrogens is 1. The van der Waals surface area contributed by atoms with E-state index in [-0.39, 0.29) is 5.84 Å². The maximum atomic E-state index is 8.84. The molecule has 0 aliphatic heterocycles. The molecule has 0 aliphatic carbocycles. The Balaban J connectivity index is 1.96. The first kappa shape index (κ1) is 14.8. The molecular formula is C16H19N3O2. The summed E-state index contributed by atoms with van der Waals surface area (Å²) in [5.41, 5.74) is 8.35. The summed E-state index contributed by atoms with van der Waals surface area (Å²) in [4.78, 5) is 4.16. The zero-order valence-corrected chi connectivity index (χ0v) is 12.0. The van der Waals surface area contributed by atoms with Gasteiger partial charge in [-0.15, -0.1) is 0 Å². The number of ether oxygens (including phenoxy) is 1. The summed E-state index contributed by atoms with van der Waals surface area (Å²) >= 11 is 0. The van der Waals surface area contributed by atoms with Gasteiger partial charge in [-0.3, -0.25) is 0 Å². The molecule has 110 valence electrons. The van der Waals surface area contributed by atoms with Crippen LogP contribution >= 0.6 is 0 Å². The largest absolute Gasteiger partial charge is 0.477 e. The fourth-order valence-corrected chi connectivity index (χ4v) is 2.09. The summed E-state index contributed by atoms with van der Waals surface area (Å²) in [5.74, 6) is 0.414. The Kier molecular flexibility index (Phi) is 5.15. The van der Waals surface area contributed by atoms with Crippen LogP contribution in [0.2, 0.25) is 0 Å². The number of nitrogens with zero attached hydrogens (tertiary/aromatic N) is 2. The van der Waals surface area contributed by atoms with Crippen molar-refractivity contribution in [1.29, 1.82) is 0 Å². The Hall–Kier alpha value is -2.56. The fourth-order valence-electron chi connectivity index (χ4n) is 2.09. The molecule has 0 saturated heterocycles. The predicted octanol–water partition coefficient (Wildman–Crippen LogP) is 2.50. The first-order valence-electron chi connectivity index (χ1n) is 6.82. The van der Waals surface area contributed by atoms with E-state index in [0.29, 0.717) is 18.1 Å². The summed E-state index contributed by atoms with van der Waals surface area (Å²) in [6.45, 7) is 2.39. The van der Waals surface area contributed by atoms with Crippen LogP contribution < -0.4 is 10.5 Å².